The van der Waals surface area contributed by atoms with E-state index in [4.69, 9.17) is 9.90 Å². The van der Waals surface area contributed by atoms with Crippen molar-refractivity contribution in [1.29, 1.82) is 0 Å². The Morgan fingerprint density at radius 1 is 1.33 bits per heavy atom. The molecule has 7 heteroatoms. The smallest absolute Gasteiger partial charge is 0.290 e. The van der Waals surface area contributed by atoms with Crippen molar-refractivity contribution in [2.45, 2.75) is 19.8 Å². The topological polar surface area (TPSA) is 78.4 Å². The van der Waals surface area contributed by atoms with Crippen LogP contribution in [-0.4, -0.2) is 42.2 Å². The summed E-state index contributed by atoms with van der Waals surface area (Å²) in [4.78, 5) is 19.0. The van der Waals surface area contributed by atoms with Gasteiger partial charge in [-0.1, -0.05) is 18.2 Å². The molecule has 0 unspecified atom stereocenters. The summed E-state index contributed by atoms with van der Waals surface area (Å²) in [5.41, 5.74) is 1.79. The summed E-state index contributed by atoms with van der Waals surface area (Å²) in [5, 5.41) is 10.1. The summed E-state index contributed by atoms with van der Waals surface area (Å²) >= 11 is 0. The summed E-state index contributed by atoms with van der Waals surface area (Å²) in [6.07, 6.45) is 3.34. The zero-order valence-electron chi connectivity index (χ0n) is 14.2. The predicted octanol–water partition coefficient (Wildman–Crippen LogP) is 2.74. The first-order valence-electron chi connectivity index (χ1n) is 7.55. The van der Waals surface area contributed by atoms with Crippen molar-refractivity contribution in [3.8, 4) is 0 Å². The van der Waals surface area contributed by atoms with Crippen molar-refractivity contribution >= 4 is 18.2 Å². The van der Waals surface area contributed by atoms with E-state index in [0.29, 0.717) is 18.9 Å². The fourth-order valence-electron chi connectivity index (χ4n) is 2.15. The molecule has 2 aromatic rings. The average molecular weight is 334 g/mol. The largest absolute Gasteiger partial charge is 0.483 e. The molecule has 1 aromatic carbocycles. The van der Waals surface area contributed by atoms with Crippen LogP contribution in [0.5, 0.6) is 0 Å². The Morgan fingerprint density at radius 2 is 2.00 bits per heavy atom. The van der Waals surface area contributed by atoms with Gasteiger partial charge in [-0.15, -0.1) is 0 Å². The highest BCUT2D eigenvalue weighted by Crippen LogP contribution is 2.15. The molecular weight excluding hydrogens is 311 g/mol. The van der Waals surface area contributed by atoms with Gasteiger partial charge in [0.2, 0.25) is 5.95 Å². The maximum Gasteiger partial charge on any atom is 0.290 e. The number of benzene rings is 1. The SMILES string of the molecule is Cc1cnc(NCCCc2ccccc2F)nc1N(C)C.O=CO. The second-order valence-electron chi connectivity index (χ2n) is 5.32. The number of nitrogens with one attached hydrogen (secondary N) is 1. The van der Waals surface area contributed by atoms with Gasteiger partial charge in [-0.2, -0.15) is 4.98 Å². The van der Waals surface area contributed by atoms with Crippen molar-refractivity contribution in [2.75, 3.05) is 30.9 Å². The lowest BCUT2D eigenvalue weighted by Crippen LogP contribution is -2.15. The van der Waals surface area contributed by atoms with Gasteiger partial charge in [-0.3, -0.25) is 4.79 Å². The van der Waals surface area contributed by atoms with Crippen molar-refractivity contribution in [3.05, 3.63) is 47.4 Å². The van der Waals surface area contributed by atoms with Gasteiger partial charge >= 0.3 is 0 Å². The van der Waals surface area contributed by atoms with E-state index in [9.17, 15) is 4.39 Å². The molecule has 0 bridgehead atoms. The molecule has 0 aliphatic rings. The fraction of sp³-hybridized carbons (Fsp3) is 0.353. The Hall–Kier alpha value is -2.70. The molecule has 0 spiro atoms. The van der Waals surface area contributed by atoms with Crippen LogP contribution in [0.15, 0.2) is 30.5 Å². The lowest BCUT2D eigenvalue weighted by molar-refractivity contribution is -0.122. The van der Waals surface area contributed by atoms with Crippen molar-refractivity contribution in [1.82, 2.24) is 9.97 Å². The third-order valence-corrected chi connectivity index (χ3v) is 3.23. The molecule has 0 amide bonds. The predicted molar refractivity (Wildman–Crippen MR) is 93.0 cm³/mol. The van der Waals surface area contributed by atoms with Gasteiger partial charge in [0.05, 0.1) is 0 Å². The minimum Gasteiger partial charge on any atom is -0.483 e. The van der Waals surface area contributed by atoms with Crippen LogP contribution in [0.2, 0.25) is 0 Å². The standard InChI is InChI=1S/C16H21FN4.CH2O2/c1-12-11-19-16(20-15(12)21(2)3)18-10-6-8-13-7-4-5-9-14(13)17;2-1-3/h4-5,7,9,11H,6,8,10H2,1-3H3,(H,18,19,20);1H,(H,2,3). The van der Waals surface area contributed by atoms with Gasteiger partial charge in [-0.25, -0.2) is 9.37 Å². The van der Waals surface area contributed by atoms with Crippen LogP contribution in [0.4, 0.5) is 16.2 Å². The molecule has 0 saturated carbocycles. The summed E-state index contributed by atoms with van der Waals surface area (Å²) in [6.45, 7) is 2.45. The first-order valence-corrected chi connectivity index (χ1v) is 7.55. The number of anilines is 2. The lowest BCUT2D eigenvalue weighted by Gasteiger charge is -2.15. The highest BCUT2D eigenvalue weighted by atomic mass is 19.1. The molecule has 130 valence electrons. The molecule has 24 heavy (non-hydrogen) atoms. The number of nitrogens with zero attached hydrogens (tertiary/aromatic N) is 3. The molecule has 1 aromatic heterocycles. The molecule has 0 aliphatic heterocycles. The number of hydrogen-bond acceptors (Lipinski definition) is 5. The van der Waals surface area contributed by atoms with E-state index in [1.165, 1.54) is 6.07 Å². The van der Waals surface area contributed by atoms with Gasteiger partial charge in [0.15, 0.2) is 0 Å². The quantitative estimate of drug-likeness (QED) is 0.625. The van der Waals surface area contributed by atoms with Crippen molar-refractivity contribution in [3.63, 3.8) is 0 Å². The Bertz CT molecular complexity index is 650. The summed E-state index contributed by atoms with van der Waals surface area (Å²) in [7, 11) is 3.91. The maximum atomic E-state index is 13.5. The highest BCUT2D eigenvalue weighted by Gasteiger charge is 2.05. The molecule has 0 atom stereocenters. The van der Waals surface area contributed by atoms with Crippen molar-refractivity contribution in [2.24, 2.45) is 0 Å². The number of hydrogen-bond donors (Lipinski definition) is 2. The van der Waals surface area contributed by atoms with Gasteiger partial charge in [0, 0.05) is 32.4 Å². The lowest BCUT2D eigenvalue weighted by atomic mass is 10.1. The van der Waals surface area contributed by atoms with E-state index in [1.807, 2.05) is 44.2 Å². The third-order valence-electron chi connectivity index (χ3n) is 3.23. The minimum atomic E-state index is -0.250. The zero-order chi connectivity index (χ0) is 17.9. The van der Waals surface area contributed by atoms with E-state index in [1.54, 1.807) is 6.07 Å². The van der Waals surface area contributed by atoms with Gasteiger partial charge in [-0.05, 0) is 31.4 Å². The van der Waals surface area contributed by atoms with Crippen LogP contribution < -0.4 is 10.2 Å². The molecule has 1 heterocycles. The number of rotatable bonds is 6. The molecule has 0 fully saturated rings. The minimum absolute atomic E-state index is 0.140. The number of aryl methyl sites for hydroxylation is 2. The third kappa shape index (κ3) is 6.20. The van der Waals surface area contributed by atoms with E-state index in [2.05, 4.69) is 15.3 Å². The summed E-state index contributed by atoms with van der Waals surface area (Å²) < 4.78 is 13.5. The van der Waals surface area contributed by atoms with Gasteiger partial charge < -0.3 is 15.3 Å². The van der Waals surface area contributed by atoms with E-state index in [-0.39, 0.29) is 12.3 Å². The summed E-state index contributed by atoms with van der Waals surface area (Å²) in [6, 6.07) is 6.88. The Morgan fingerprint density at radius 3 is 2.62 bits per heavy atom. The first-order chi connectivity index (χ1) is 11.5. The number of carbonyl (C=O) groups is 1. The number of carboxylic acid groups (broad SMARTS) is 1. The molecule has 0 aliphatic carbocycles. The normalized spacial score (nSPS) is 9.67. The van der Waals surface area contributed by atoms with E-state index < -0.39 is 0 Å². The van der Waals surface area contributed by atoms with Gasteiger partial charge in [0.25, 0.3) is 6.47 Å². The monoisotopic (exact) mass is 334 g/mol. The number of aromatic nitrogens is 2. The highest BCUT2D eigenvalue weighted by molar-refractivity contribution is 5.47. The van der Waals surface area contributed by atoms with Crippen LogP contribution in [0.25, 0.3) is 0 Å². The molecule has 0 saturated heterocycles. The first kappa shape index (κ1) is 19.3. The van der Waals surface area contributed by atoms with Crippen LogP contribution in [0, 0.1) is 12.7 Å². The van der Waals surface area contributed by atoms with Crippen LogP contribution in [-0.2, 0) is 11.2 Å². The molecule has 6 nitrogen and oxygen atoms in total. The molecular formula is C17H23FN4O2. The molecule has 0 radical (unpaired) electrons. The van der Waals surface area contributed by atoms with E-state index >= 15 is 0 Å². The second kappa shape index (κ2) is 10.1. The average Bonchev–Trinajstić information content (AvgIpc) is 2.55. The Balaban J connectivity index is 0.000000891. The van der Waals surface area contributed by atoms with Crippen LogP contribution in [0.1, 0.15) is 17.5 Å². The van der Waals surface area contributed by atoms with Crippen LogP contribution in [0.3, 0.4) is 0 Å². The maximum absolute atomic E-state index is 13.5. The van der Waals surface area contributed by atoms with Crippen LogP contribution >= 0.6 is 0 Å². The fourth-order valence-corrected chi connectivity index (χ4v) is 2.15. The van der Waals surface area contributed by atoms with Crippen molar-refractivity contribution < 1.29 is 14.3 Å². The zero-order valence-corrected chi connectivity index (χ0v) is 14.2. The van der Waals surface area contributed by atoms with Gasteiger partial charge in [0.1, 0.15) is 11.6 Å². The number of halogens is 1. The Labute approximate surface area is 141 Å². The molecule has 2 rings (SSSR count). The second-order valence-corrected chi connectivity index (χ2v) is 5.32. The van der Waals surface area contributed by atoms with E-state index in [0.717, 1.165) is 23.4 Å². The Kier molecular flexibility index (Phi) is 8.18. The summed E-state index contributed by atoms with van der Waals surface area (Å²) in [5.74, 6) is 1.37. The molecule has 2 N–H and O–H groups in total.